The Labute approximate surface area is 195 Å². The molecule has 13 heteroatoms. The largest absolute Gasteiger partial charge is 0.465 e. The number of carboxylic acid groups (broad SMARTS) is 1. The molecule has 0 atom stereocenters. The number of hydrogen-bond donors (Lipinski definition) is 1. The van der Waals surface area contributed by atoms with Crippen LogP contribution in [0.25, 0.3) is 22.3 Å². The topological polar surface area (TPSA) is 91.6 Å². The van der Waals surface area contributed by atoms with Crippen LogP contribution in [0.2, 0.25) is 0 Å². The van der Waals surface area contributed by atoms with E-state index in [-0.39, 0.29) is 41.4 Å². The van der Waals surface area contributed by atoms with Gasteiger partial charge in [0.2, 0.25) is 5.95 Å². The van der Waals surface area contributed by atoms with E-state index >= 15 is 0 Å². The Morgan fingerprint density at radius 1 is 1.14 bits per heavy atom. The summed E-state index contributed by atoms with van der Waals surface area (Å²) in [6.45, 7) is -0.209. The first-order valence-electron chi connectivity index (χ1n) is 10.5. The fourth-order valence-electron chi connectivity index (χ4n) is 3.94. The number of anilines is 1. The number of alkyl halides is 5. The molecule has 4 rings (SSSR count). The Bertz CT molecular complexity index is 1290. The van der Waals surface area contributed by atoms with E-state index in [1.807, 2.05) is 0 Å². The Morgan fingerprint density at radius 2 is 1.80 bits per heavy atom. The fourth-order valence-corrected chi connectivity index (χ4v) is 3.94. The molecule has 0 unspecified atom stereocenters. The maximum atomic E-state index is 13.8. The smallest absolute Gasteiger partial charge is 0.418 e. The van der Waals surface area contributed by atoms with Gasteiger partial charge in [0.15, 0.2) is 0 Å². The van der Waals surface area contributed by atoms with Crippen molar-refractivity contribution in [2.45, 2.75) is 24.9 Å². The molecule has 1 saturated heterocycles. The average molecular weight is 497 g/mol. The summed E-state index contributed by atoms with van der Waals surface area (Å²) in [5.74, 6) is -3.49. The molecule has 1 aliphatic heterocycles. The SMILES string of the molecule is CN(C(=O)O)c1nc2c(C(F)(F)F)cc(-c3ccc(C(=O)N4CCC(F)(F)CC4)cn3)cc2n1C. The number of carbonyl (C=O) groups is 2. The number of nitrogens with zero attached hydrogens (tertiary/aromatic N) is 5. The molecule has 1 aliphatic rings. The van der Waals surface area contributed by atoms with Gasteiger partial charge in [0.05, 0.1) is 22.3 Å². The first-order valence-corrected chi connectivity index (χ1v) is 10.5. The van der Waals surface area contributed by atoms with E-state index in [2.05, 4.69) is 9.97 Å². The van der Waals surface area contributed by atoms with E-state index < -0.39 is 48.0 Å². The number of halogens is 5. The molecule has 1 aromatic carbocycles. The number of benzene rings is 1. The lowest BCUT2D eigenvalue weighted by molar-refractivity contribution is -0.136. The van der Waals surface area contributed by atoms with E-state index in [0.717, 1.165) is 6.07 Å². The highest BCUT2D eigenvalue weighted by atomic mass is 19.4. The molecule has 35 heavy (non-hydrogen) atoms. The van der Waals surface area contributed by atoms with E-state index in [0.29, 0.717) is 4.90 Å². The number of aryl methyl sites for hydroxylation is 1. The van der Waals surface area contributed by atoms with Gasteiger partial charge in [0.1, 0.15) is 5.52 Å². The molecule has 1 N–H and O–H groups in total. The van der Waals surface area contributed by atoms with Gasteiger partial charge in [-0.15, -0.1) is 0 Å². The van der Waals surface area contributed by atoms with Crippen LogP contribution in [0.4, 0.5) is 32.7 Å². The number of pyridine rings is 1. The summed E-state index contributed by atoms with van der Waals surface area (Å²) in [6.07, 6.45) is -5.86. The lowest BCUT2D eigenvalue weighted by atomic mass is 10.0. The number of imidazole rings is 1. The van der Waals surface area contributed by atoms with Crippen LogP contribution in [0.5, 0.6) is 0 Å². The second-order valence-corrected chi connectivity index (χ2v) is 8.28. The summed E-state index contributed by atoms with van der Waals surface area (Å²) in [4.78, 5) is 33.9. The van der Waals surface area contributed by atoms with E-state index in [1.54, 1.807) is 0 Å². The minimum atomic E-state index is -4.78. The normalized spacial score (nSPS) is 15.9. The van der Waals surface area contributed by atoms with Gasteiger partial charge in [0.25, 0.3) is 11.8 Å². The molecule has 0 radical (unpaired) electrons. The summed E-state index contributed by atoms with van der Waals surface area (Å²) in [5, 5.41) is 9.21. The van der Waals surface area contributed by atoms with Gasteiger partial charge in [-0.2, -0.15) is 13.2 Å². The first-order chi connectivity index (χ1) is 16.3. The van der Waals surface area contributed by atoms with Crippen LogP contribution in [-0.2, 0) is 13.2 Å². The lowest BCUT2D eigenvalue weighted by Crippen LogP contribution is -2.42. The van der Waals surface area contributed by atoms with E-state index in [4.69, 9.17) is 0 Å². The quantitative estimate of drug-likeness (QED) is 0.533. The molecule has 0 bridgehead atoms. The van der Waals surface area contributed by atoms with Crippen molar-refractivity contribution in [3.05, 3.63) is 41.6 Å². The van der Waals surface area contributed by atoms with Crippen molar-refractivity contribution in [3.8, 4) is 11.3 Å². The molecule has 0 aliphatic carbocycles. The van der Waals surface area contributed by atoms with Crippen molar-refractivity contribution in [1.82, 2.24) is 19.4 Å². The van der Waals surface area contributed by atoms with Crippen molar-refractivity contribution < 1.29 is 36.6 Å². The molecule has 3 aromatic rings. The number of rotatable bonds is 3. The third-order valence-corrected chi connectivity index (χ3v) is 5.94. The zero-order chi connectivity index (χ0) is 25.7. The molecular weight excluding hydrogens is 477 g/mol. The zero-order valence-electron chi connectivity index (χ0n) is 18.6. The molecule has 2 amide bonds. The van der Waals surface area contributed by atoms with Crippen molar-refractivity contribution in [2.24, 2.45) is 7.05 Å². The monoisotopic (exact) mass is 497 g/mol. The minimum Gasteiger partial charge on any atom is -0.465 e. The highest BCUT2D eigenvalue weighted by Gasteiger charge is 2.37. The predicted molar refractivity (Wildman–Crippen MR) is 115 cm³/mol. The van der Waals surface area contributed by atoms with E-state index in [9.17, 15) is 36.6 Å². The van der Waals surface area contributed by atoms with Crippen LogP contribution in [0.15, 0.2) is 30.5 Å². The van der Waals surface area contributed by atoms with Gasteiger partial charge < -0.3 is 14.6 Å². The van der Waals surface area contributed by atoms with Crippen LogP contribution in [0.3, 0.4) is 0 Å². The maximum absolute atomic E-state index is 13.8. The van der Waals surface area contributed by atoms with Crippen LogP contribution >= 0.6 is 0 Å². The van der Waals surface area contributed by atoms with Gasteiger partial charge in [-0.1, -0.05) is 0 Å². The van der Waals surface area contributed by atoms with Gasteiger partial charge in [0, 0.05) is 51.8 Å². The standard InChI is InChI=1S/C22H20F5N5O3/c1-30-16-10-13(9-14(22(25,26)27)17(16)29-19(30)31(2)20(34)35)15-4-3-12(11-28-15)18(33)32-7-5-21(23,24)6-8-32/h3-4,9-11H,5-8H2,1-2H3,(H,34,35). The maximum Gasteiger partial charge on any atom is 0.418 e. The van der Waals surface area contributed by atoms with Crippen molar-refractivity contribution in [2.75, 3.05) is 25.0 Å². The number of likely N-dealkylation sites (tertiary alicyclic amines) is 1. The second-order valence-electron chi connectivity index (χ2n) is 8.28. The number of amides is 2. The second kappa shape index (κ2) is 8.47. The molecular formula is C22H20F5N5O3. The first kappa shape index (κ1) is 24.4. The molecule has 2 aromatic heterocycles. The molecule has 0 saturated carbocycles. The third-order valence-electron chi connectivity index (χ3n) is 5.94. The van der Waals surface area contributed by atoms with Crippen molar-refractivity contribution in [1.29, 1.82) is 0 Å². The number of aromatic nitrogens is 3. The Morgan fingerprint density at radius 3 is 2.34 bits per heavy atom. The highest BCUT2D eigenvalue weighted by Crippen LogP contribution is 2.38. The zero-order valence-corrected chi connectivity index (χ0v) is 18.6. The summed E-state index contributed by atoms with van der Waals surface area (Å²) >= 11 is 0. The fraction of sp³-hybridized carbons (Fsp3) is 0.364. The number of carbonyl (C=O) groups excluding carboxylic acids is 1. The number of hydrogen-bond acceptors (Lipinski definition) is 4. The van der Waals surface area contributed by atoms with Gasteiger partial charge in [-0.3, -0.25) is 14.7 Å². The molecule has 186 valence electrons. The minimum absolute atomic E-state index is 0.0362. The van der Waals surface area contributed by atoms with Gasteiger partial charge in [-0.05, 0) is 24.3 Å². The van der Waals surface area contributed by atoms with Gasteiger partial charge in [-0.25, -0.2) is 18.6 Å². The highest BCUT2D eigenvalue weighted by molar-refractivity contribution is 5.95. The number of fused-ring (bicyclic) bond motifs is 1. The summed E-state index contributed by atoms with van der Waals surface area (Å²) in [5.41, 5.74) is -1.11. The van der Waals surface area contributed by atoms with E-state index in [1.165, 1.54) is 48.0 Å². The number of piperidine rings is 1. The summed E-state index contributed by atoms with van der Waals surface area (Å²) in [6, 6.07) is 5.00. The Kier molecular flexibility index (Phi) is 5.89. The Balaban J connectivity index is 1.71. The van der Waals surface area contributed by atoms with Gasteiger partial charge >= 0.3 is 12.3 Å². The Hall–Kier alpha value is -3.77. The molecule has 8 nitrogen and oxygen atoms in total. The van der Waals surface area contributed by atoms with Crippen molar-refractivity contribution >= 4 is 29.0 Å². The van der Waals surface area contributed by atoms with Crippen molar-refractivity contribution in [3.63, 3.8) is 0 Å². The lowest BCUT2D eigenvalue weighted by Gasteiger charge is -2.31. The van der Waals surface area contributed by atoms with Crippen LogP contribution in [0.1, 0.15) is 28.8 Å². The molecule has 3 heterocycles. The predicted octanol–water partition coefficient (Wildman–Crippen LogP) is 4.64. The summed E-state index contributed by atoms with van der Waals surface area (Å²) < 4.78 is 69.5. The van der Waals surface area contributed by atoms with Crippen LogP contribution < -0.4 is 4.90 Å². The average Bonchev–Trinajstić information content (AvgIpc) is 3.13. The third kappa shape index (κ3) is 4.62. The van der Waals surface area contributed by atoms with Crippen LogP contribution in [-0.4, -0.2) is 62.6 Å². The molecule has 0 spiro atoms. The van der Waals surface area contributed by atoms with Crippen LogP contribution in [0, 0.1) is 0 Å². The summed E-state index contributed by atoms with van der Waals surface area (Å²) in [7, 11) is 2.56. The molecule has 1 fully saturated rings.